The molecule has 8 nitrogen and oxygen atoms in total. The molecule has 152 valence electrons. The number of piperazine rings is 1. The predicted molar refractivity (Wildman–Crippen MR) is 106 cm³/mol. The van der Waals surface area contributed by atoms with E-state index in [1.54, 1.807) is 0 Å². The van der Waals surface area contributed by atoms with Gasteiger partial charge in [0.25, 0.3) is 0 Å². The van der Waals surface area contributed by atoms with Gasteiger partial charge in [-0.05, 0) is 12.1 Å². The standard InChI is InChI=1S/C19H25N3O5S/c1-26-18(24)15-13-28-17(19(25)27-2)22(15)16(23)12-20-8-10-21(11-9-20)14-6-4-3-5-7-14/h3-7,15,17H,8-13H2,1-2H3. The summed E-state index contributed by atoms with van der Waals surface area (Å²) in [5, 5.41) is -0.813. The molecule has 2 heterocycles. The van der Waals surface area contributed by atoms with Crippen LogP contribution in [0.1, 0.15) is 0 Å². The van der Waals surface area contributed by atoms with Crippen molar-refractivity contribution >= 4 is 35.3 Å². The van der Waals surface area contributed by atoms with Crippen molar-refractivity contribution in [1.29, 1.82) is 0 Å². The quantitative estimate of drug-likeness (QED) is 0.650. The lowest BCUT2D eigenvalue weighted by molar-refractivity contribution is -0.157. The summed E-state index contributed by atoms with van der Waals surface area (Å²) in [5.41, 5.74) is 1.17. The Balaban J connectivity index is 1.62. The van der Waals surface area contributed by atoms with Gasteiger partial charge < -0.3 is 19.3 Å². The van der Waals surface area contributed by atoms with Crippen molar-refractivity contribution < 1.29 is 23.9 Å². The monoisotopic (exact) mass is 407 g/mol. The van der Waals surface area contributed by atoms with Crippen molar-refractivity contribution in [3.63, 3.8) is 0 Å². The summed E-state index contributed by atoms with van der Waals surface area (Å²) in [5.74, 6) is -0.983. The van der Waals surface area contributed by atoms with Crippen LogP contribution in [0.15, 0.2) is 30.3 Å². The van der Waals surface area contributed by atoms with E-state index in [1.807, 2.05) is 23.1 Å². The lowest BCUT2D eigenvalue weighted by atomic mass is 10.2. The summed E-state index contributed by atoms with van der Waals surface area (Å²) < 4.78 is 9.61. The molecule has 0 N–H and O–H groups in total. The van der Waals surface area contributed by atoms with Gasteiger partial charge in [0.05, 0.1) is 20.8 Å². The molecule has 2 aliphatic heterocycles. The number of anilines is 1. The Kier molecular flexibility index (Phi) is 6.79. The molecule has 1 aromatic rings. The van der Waals surface area contributed by atoms with Crippen LogP contribution in [0.4, 0.5) is 5.69 Å². The van der Waals surface area contributed by atoms with E-state index in [9.17, 15) is 14.4 Å². The molecule has 1 aromatic carbocycles. The molecule has 9 heteroatoms. The maximum Gasteiger partial charge on any atom is 0.339 e. The molecule has 2 fully saturated rings. The first-order valence-corrected chi connectivity index (χ1v) is 10.2. The van der Waals surface area contributed by atoms with Crippen LogP contribution in [-0.4, -0.2) is 91.8 Å². The molecule has 2 unspecified atom stereocenters. The highest BCUT2D eigenvalue weighted by atomic mass is 32.2. The van der Waals surface area contributed by atoms with Gasteiger partial charge in [-0.1, -0.05) is 18.2 Å². The van der Waals surface area contributed by atoms with Crippen molar-refractivity contribution in [2.45, 2.75) is 11.4 Å². The minimum atomic E-state index is -0.813. The van der Waals surface area contributed by atoms with Gasteiger partial charge in [-0.15, -0.1) is 11.8 Å². The largest absolute Gasteiger partial charge is 0.467 e. The summed E-state index contributed by atoms with van der Waals surface area (Å²) in [6.45, 7) is 3.24. The average molecular weight is 407 g/mol. The van der Waals surface area contributed by atoms with Crippen LogP contribution in [-0.2, 0) is 23.9 Å². The zero-order valence-corrected chi connectivity index (χ0v) is 16.9. The number of nitrogens with zero attached hydrogens (tertiary/aromatic N) is 3. The number of carbonyl (C=O) groups excluding carboxylic acids is 3. The Morgan fingerprint density at radius 1 is 1.00 bits per heavy atom. The fourth-order valence-corrected chi connectivity index (χ4v) is 4.81. The number of rotatable bonds is 5. The predicted octanol–water partition coefficient (Wildman–Crippen LogP) is 0.425. The van der Waals surface area contributed by atoms with Gasteiger partial charge in [0.1, 0.15) is 6.04 Å². The third kappa shape index (κ3) is 4.41. The van der Waals surface area contributed by atoms with Crippen LogP contribution in [0.2, 0.25) is 0 Å². The van der Waals surface area contributed by atoms with Crippen LogP contribution < -0.4 is 4.90 Å². The first-order valence-electron chi connectivity index (χ1n) is 9.16. The summed E-state index contributed by atoms with van der Waals surface area (Å²) in [6.07, 6.45) is 0. The number of methoxy groups -OCH3 is 2. The van der Waals surface area contributed by atoms with E-state index in [-0.39, 0.29) is 12.5 Å². The van der Waals surface area contributed by atoms with Crippen LogP contribution >= 0.6 is 11.8 Å². The first-order chi connectivity index (χ1) is 13.5. The van der Waals surface area contributed by atoms with Gasteiger partial charge in [-0.2, -0.15) is 0 Å². The first kappa shape index (κ1) is 20.5. The van der Waals surface area contributed by atoms with E-state index < -0.39 is 23.4 Å². The minimum Gasteiger partial charge on any atom is -0.467 e. The Hall–Kier alpha value is -2.26. The molecule has 28 heavy (non-hydrogen) atoms. The van der Waals surface area contributed by atoms with E-state index in [0.29, 0.717) is 5.75 Å². The zero-order valence-electron chi connectivity index (χ0n) is 16.1. The number of benzene rings is 1. The van der Waals surface area contributed by atoms with Crippen molar-refractivity contribution in [1.82, 2.24) is 9.80 Å². The zero-order chi connectivity index (χ0) is 20.1. The smallest absolute Gasteiger partial charge is 0.339 e. The van der Waals surface area contributed by atoms with E-state index in [1.165, 1.54) is 36.6 Å². The summed E-state index contributed by atoms with van der Waals surface area (Å²) in [4.78, 5) is 42.8. The fourth-order valence-electron chi connectivity index (χ4n) is 3.49. The number of hydrogen-bond acceptors (Lipinski definition) is 8. The molecular formula is C19H25N3O5S. The molecule has 2 aliphatic rings. The number of para-hydroxylation sites is 1. The lowest BCUT2D eigenvalue weighted by Gasteiger charge is -2.37. The van der Waals surface area contributed by atoms with Crippen molar-refractivity contribution in [3.05, 3.63) is 30.3 Å². The lowest BCUT2D eigenvalue weighted by Crippen LogP contribution is -2.54. The summed E-state index contributed by atoms with van der Waals surface area (Å²) in [6, 6.07) is 9.39. The summed E-state index contributed by atoms with van der Waals surface area (Å²) >= 11 is 1.23. The van der Waals surface area contributed by atoms with Crippen molar-refractivity contribution in [2.75, 3.05) is 57.6 Å². The number of thioether (sulfide) groups is 1. The number of esters is 2. The Labute approximate surface area is 168 Å². The van der Waals surface area contributed by atoms with Gasteiger partial charge in [0.15, 0.2) is 5.37 Å². The van der Waals surface area contributed by atoms with Crippen LogP contribution in [0.5, 0.6) is 0 Å². The molecule has 2 saturated heterocycles. The molecular weight excluding hydrogens is 382 g/mol. The maximum absolute atomic E-state index is 13.0. The van der Waals surface area contributed by atoms with Crippen LogP contribution in [0, 0.1) is 0 Å². The Bertz CT molecular complexity index is 685. The maximum atomic E-state index is 13.0. The molecule has 1 amide bonds. The normalized spacial score (nSPS) is 22.8. The van der Waals surface area contributed by atoms with Crippen LogP contribution in [0.3, 0.4) is 0 Å². The molecule has 0 saturated carbocycles. The average Bonchev–Trinajstić information content (AvgIpc) is 3.19. The van der Waals surface area contributed by atoms with E-state index >= 15 is 0 Å². The Morgan fingerprint density at radius 2 is 1.64 bits per heavy atom. The van der Waals surface area contributed by atoms with Gasteiger partial charge in [-0.3, -0.25) is 9.69 Å². The highest BCUT2D eigenvalue weighted by molar-refractivity contribution is 8.00. The van der Waals surface area contributed by atoms with Crippen molar-refractivity contribution in [3.8, 4) is 0 Å². The summed E-state index contributed by atoms with van der Waals surface area (Å²) in [7, 11) is 2.56. The molecule has 0 radical (unpaired) electrons. The van der Waals surface area contributed by atoms with Crippen LogP contribution in [0.25, 0.3) is 0 Å². The van der Waals surface area contributed by atoms with Gasteiger partial charge >= 0.3 is 11.9 Å². The van der Waals surface area contributed by atoms with E-state index in [2.05, 4.69) is 17.0 Å². The van der Waals surface area contributed by atoms with Gasteiger partial charge in [0.2, 0.25) is 5.91 Å². The second-order valence-electron chi connectivity index (χ2n) is 6.65. The highest BCUT2D eigenvalue weighted by Crippen LogP contribution is 2.31. The molecule has 3 rings (SSSR count). The minimum absolute atomic E-state index is 0.157. The number of amides is 1. The third-order valence-corrected chi connectivity index (χ3v) is 6.26. The van der Waals surface area contributed by atoms with Gasteiger partial charge in [0, 0.05) is 37.6 Å². The fraction of sp³-hybridized carbons (Fsp3) is 0.526. The van der Waals surface area contributed by atoms with E-state index in [4.69, 9.17) is 9.47 Å². The molecule has 0 bridgehead atoms. The highest BCUT2D eigenvalue weighted by Gasteiger charge is 2.46. The van der Waals surface area contributed by atoms with E-state index in [0.717, 1.165) is 26.2 Å². The van der Waals surface area contributed by atoms with Gasteiger partial charge in [-0.25, -0.2) is 9.59 Å². The SMILES string of the molecule is COC(=O)C1CSC(C(=O)OC)N1C(=O)CN1CCN(c2ccccc2)CC1. The molecule has 2 atom stereocenters. The molecule has 0 spiro atoms. The number of carbonyl (C=O) groups is 3. The van der Waals surface area contributed by atoms with Crippen molar-refractivity contribution in [2.24, 2.45) is 0 Å². The third-order valence-electron chi connectivity index (χ3n) is 5.02. The second kappa shape index (κ2) is 9.29. The topological polar surface area (TPSA) is 79.4 Å². The Morgan fingerprint density at radius 3 is 2.25 bits per heavy atom. The molecule has 0 aliphatic carbocycles. The number of ether oxygens (including phenoxy) is 2. The second-order valence-corrected chi connectivity index (χ2v) is 7.76. The molecule has 0 aromatic heterocycles. The number of hydrogen-bond donors (Lipinski definition) is 0.